The number of aliphatic hydroxyl groups is 1. The molecule has 0 unspecified atom stereocenters. The van der Waals surface area contributed by atoms with Crippen molar-refractivity contribution < 1.29 is 18.7 Å². The molecule has 4 nitrogen and oxygen atoms in total. The average Bonchev–Trinajstić information content (AvgIpc) is 2.04. The maximum Gasteiger partial charge on any atom is 0.375 e. The summed E-state index contributed by atoms with van der Waals surface area (Å²) in [6.07, 6.45) is 0.521. The van der Waals surface area contributed by atoms with Gasteiger partial charge in [-0.2, -0.15) is 0 Å². The van der Waals surface area contributed by atoms with Crippen LogP contribution in [0.25, 0.3) is 0 Å². The highest BCUT2D eigenvalue weighted by atomic mass is 35.5. The molecule has 12 heavy (non-hydrogen) atoms. The van der Waals surface area contributed by atoms with Gasteiger partial charge >= 0.3 is 7.60 Å². The molecule has 72 valence electrons. The van der Waals surface area contributed by atoms with E-state index in [1.807, 2.05) is 0 Å². The van der Waals surface area contributed by atoms with Crippen LogP contribution in [0.2, 0.25) is 0 Å². The Hall–Kier alpha value is -0.0200. The van der Waals surface area contributed by atoms with Crippen molar-refractivity contribution in [1.29, 1.82) is 0 Å². The number of rotatable bonds is 5. The smallest absolute Gasteiger partial charge is 0.375 e. The fourth-order valence-electron chi connectivity index (χ4n) is 0.571. The lowest BCUT2D eigenvalue weighted by Gasteiger charge is -2.14. The van der Waals surface area contributed by atoms with E-state index in [0.29, 0.717) is 6.26 Å². The van der Waals surface area contributed by atoms with Crippen LogP contribution in [-0.2, 0) is 13.6 Å². The topological polar surface area (TPSA) is 55.8 Å². The van der Waals surface area contributed by atoms with E-state index in [0.717, 1.165) is 0 Å². The predicted molar refractivity (Wildman–Crippen MR) is 47.4 cm³/mol. The van der Waals surface area contributed by atoms with Crippen molar-refractivity contribution in [2.24, 2.45) is 0 Å². The second-order valence-electron chi connectivity index (χ2n) is 1.78. The minimum atomic E-state index is -3.43. The van der Waals surface area contributed by atoms with Crippen LogP contribution in [-0.4, -0.2) is 18.3 Å². The molecule has 0 aromatic carbocycles. The zero-order valence-electron chi connectivity index (χ0n) is 6.99. The first-order valence-electron chi connectivity index (χ1n) is 3.50. The van der Waals surface area contributed by atoms with Gasteiger partial charge in [-0.1, -0.05) is 11.6 Å². The third-order valence-corrected chi connectivity index (χ3v) is 3.52. The largest absolute Gasteiger partial charge is 0.514 e. The number of halogens is 1. The Morgan fingerprint density at radius 2 is 1.92 bits per heavy atom. The fraction of sp³-hybridized carbons (Fsp3) is 0.667. The van der Waals surface area contributed by atoms with Gasteiger partial charge in [-0.3, -0.25) is 4.57 Å². The van der Waals surface area contributed by atoms with E-state index in [1.165, 1.54) is 0 Å². The summed E-state index contributed by atoms with van der Waals surface area (Å²) < 4.78 is 20.8. The lowest BCUT2D eigenvalue weighted by atomic mass is 10.9. The van der Waals surface area contributed by atoms with Crippen molar-refractivity contribution in [3.8, 4) is 0 Å². The molecule has 0 amide bonds. The Morgan fingerprint density at radius 1 is 1.50 bits per heavy atom. The van der Waals surface area contributed by atoms with E-state index in [4.69, 9.17) is 25.8 Å². The first-order chi connectivity index (χ1) is 5.60. The van der Waals surface area contributed by atoms with Crippen molar-refractivity contribution in [2.75, 3.05) is 13.2 Å². The van der Waals surface area contributed by atoms with E-state index >= 15 is 0 Å². The maximum atomic E-state index is 11.5. The molecular weight excluding hydrogens is 202 g/mol. The van der Waals surface area contributed by atoms with Crippen LogP contribution in [0.5, 0.6) is 0 Å². The second kappa shape index (κ2) is 5.60. The molecule has 0 fully saturated rings. The molecule has 0 aliphatic heterocycles. The monoisotopic (exact) mass is 214 g/mol. The Bertz CT molecular complexity index is 194. The molecule has 0 heterocycles. The van der Waals surface area contributed by atoms with Crippen LogP contribution < -0.4 is 0 Å². The standard InChI is InChI=1S/C6H12ClO4P/c1-3-10-12(9,11-4-2)6(7)5-8/h5,8H,3-4H2,1-2H3/b6-5+. The summed E-state index contributed by atoms with van der Waals surface area (Å²) in [6.45, 7) is 3.74. The van der Waals surface area contributed by atoms with Gasteiger partial charge in [0.15, 0.2) is 4.77 Å². The molecule has 0 saturated carbocycles. The summed E-state index contributed by atoms with van der Waals surface area (Å²) in [4.78, 5) is 0. The summed E-state index contributed by atoms with van der Waals surface area (Å²) >= 11 is 5.43. The summed E-state index contributed by atoms with van der Waals surface area (Å²) in [5, 5.41) is 8.50. The van der Waals surface area contributed by atoms with Crippen molar-refractivity contribution in [3.05, 3.63) is 11.0 Å². The van der Waals surface area contributed by atoms with Crippen LogP contribution in [0.4, 0.5) is 0 Å². The SMILES string of the molecule is CCOP(=O)(OCC)/C(Cl)=C/O. The van der Waals surface area contributed by atoms with Gasteiger partial charge in [0.25, 0.3) is 0 Å². The van der Waals surface area contributed by atoms with Crippen molar-refractivity contribution in [2.45, 2.75) is 13.8 Å². The predicted octanol–water partition coefficient (Wildman–Crippen LogP) is 2.85. The Balaban J connectivity index is 4.50. The number of hydrogen-bond donors (Lipinski definition) is 1. The molecule has 0 saturated heterocycles. The molecule has 0 radical (unpaired) electrons. The van der Waals surface area contributed by atoms with E-state index in [9.17, 15) is 4.57 Å². The Morgan fingerprint density at radius 3 is 2.17 bits per heavy atom. The van der Waals surface area contributed by atoms with Crippen LogP contribution in [0.15, 0.2) is 11.0 Å². The summed E-state index contributed by atoms with van der Waals surface area (Å²) in [6, 6.07) is 0. The van der Waals surface area contributed by atoms with Crippen LogP contribution in [0.3, 0.4) is 0 Å². The van der Waals surface area contributed by atoms with Crippen LogP contribution in [0, 0.1) is 0 Å². The highest BCUT2D eigenvalue weighted by Crippen LogP contribution is 2.57. The van der Waals surface area contributed by atoms with Crippen molar-refractivity contribution in [3.63, 3.8) is 0 Å². The molecule has 0 bridgehead atoms. The van der Waals surface area contributed by atoms with Gasteiger partial charge in [-0.05, 0) is 13.8 Å². The first kappa shape index (κ1) is 12.0. The highest BCUT2D eigenvalue weighted by Gasteiger charge is 2.28. The van der Waals surface area contributed by atoms with Gasteiger partial charge in [-0.15, -0.1) is 0 Å². The summed E-state index contributed by atoms with van der Waals surface area (Å²) in [5.41, 5.74) is 0. The molecular formula is C6H12ClO4P. The molecule has 0 rings (SSSR count). The lowest BCUT2D eigenvalue weighted by Crippen LogP contribution is -1.95. The Kier molecular flexibility index (Phi) is 5.59. The molecule has 0 spiro atoms. The molecule has 0 aromatic heterocycles. The second-order valence-corrected chi connectivity index (χ2v) is 4.45. The van der Waals surface area contributed by atoms with E-state index in [2.05, 4.69) is 0 Å². The third kappa shape index (κ3) is 3.15. The number of hydrogen-bond acceptors (Lipinski definition) is 4. The van der Waals surface area contributed by atoms with Gasteiger partial charge < -0.3 is 14.2 Å². The molecule has 1 N–H and O–H groups in total. The fourth-order valence-corrected chi connectivity index (χ4v) is 2.01. The van der Waals surface area contributed by atoms with Gasteiger partial charge in [0.1, 0.15) is 6.26 Å². The molecule has 0 aliphatic carbocycles. The molecule has 0 aromatic rings. The van der Waals surface area contributed by atoms with Crippen LogP contribution >= 0.6 is 19.2 Å². The minimum absolute atomic E-state index is 0.210. The lowest BCUT2D eigenvalue weighted by molar-refractivity contribution is 0.227. The van der Waals surface area contributed by atoms with Crippen molar-refractivity contribution in [1.82, 2.24) is 0 Å². The third-order valence-electron chi connectivity index (χ3n) is 0.966. The zero-order chi connectivity index (χ0) is 9.61. The van der Waals surface area contributed by atoms with E-state index in [-0.39, 0.29) is 18.0 Å². The van der Waals surface area contributed by atoms with Gasteiger partial charge in [-0.25, -0.2) is 0 Å². The van der Waals surface area contributed by atoms with E-state index < -0.39 is 7.60 Å². The highest BCUT2D eigenvalue weighted by molar-refractivity contribution is 7.61. The summed E-state index contributed by atoms with van der Waals surface area (Å²) in [7, 11) is -3.43. The first-order valence-corrected chi connectivity index (χ1v) is 5.42. The maximum absolute atomic E-state index is 11.5. The quantitative estimate of drug-likeness (QED) is 0.565. The van der Waals surface area contributed by atoms with Gasteiger partial charge in [0.2, 0.25) is 0 Å². The molecule has 0 atom stereocenters. The summed E-state index contributed by atoms with van der Waals surface area (Å²) in [5.74, 6) is 0. The van der Waals surface area contributed by atoms with E-state index in [1.54, 1.807) is 13.8 Å². The Labute approximate surface area is 76.7 Å². The van der Waals surface area contributed by atoms with Gasteiger partial charge in [0, 0.05) is 0 Å². The van der Waals surface area contributed by atoms with Crippen molar-refractivity contribution >= 4 is 19.2 Å². The zero-order valence-corrected chi connectivity index (χ0v) is 8.64. The average molecular weight is 215 g/mol. The van der Waals surface area contributed by atoms with Crippen LogP contribution in [0.1, 0.15) is 13.8 Å². The molecule has 0 aliphatic rings. The normalized spacial score (nSPS) is 13.4. The minimum Gasteiger partial charge on any atom is -0.514 e. The number of aliphatic hydroxyl groups excluding tert-OH is 1. The van der Waals surface area contributed by atoms with Gasteiger partial charge in [0.05, 0.1) is 13.2 Å². The molecule has 6 heteroatoms.